The minimum atomic E-state index is -0.848. The second-order valence-corrected chi connectivity index (χ2v) is 5.75. The summed E-state index contributed by atoms with van der Waals surface area (Å²) in [4.78, 5) is 13.3. The lowest BCUT2D eigenvalue weighted by atomic mass is 9.82. The van der Waals surface area contributed by atoms with Crippen LogP contribution in [-0.4, -0.2) is 48.3 Å². The van der Waals surface area contributed by atoms with E-state index in [4.69, 9.17) is 9.84 Å². The molecule has 1 aliphatic heterocycles. The Hall–Kier alpha value is -1.39. The summed E-state index contributed by atoms with van der Waals surface area (Å²) >= 11 is 0. The van der Waals surface area contributed by atoms with Crippen LogP contribution in [0.25, 0.3) is 0 Å². The van der Waals surface area contributed by atoms with E-state index in [-0.39, 0.29) is 0 Å². The lowest BCUT2D eigenvalue weighted by Crippen LogP contribution is -2.47. The number of hydrogen-bond acceptors (Lipinski definition) is 3. The van der Waals surface area contributed by atoms with Crippen molar-refractivity contribution < 1.29 is 14.6 Å². The molecule has 108 valence electrons. The lowest BCUT2D eigenvalue weighted by Gasteiger charge is -2.35. The highest BCUT2D eigenvalue weighted by Crippen LogP contribution is 2.32. The number of carboxylic acid groups (broad SMARTS) is 1. The number of carbonyl (C=O) groups is 1. The number of benzene rings is 1. The van der Waals surface area contributed by atoms with Crippen molar-refractivity contribution in [3.05, 3.63) is 35.4 Å². The fourth-order valence-corrected chi connectivity index (χ4v) is 3.37. The molecule has 0 saturated carbocycles. The number of aryl methyl sites for hydroxylation is 1. The van der Waals surface area contributed by atoms with E-state index in [1.807, 2.05) is 0 Å². The monoisotopic (exact) mass is 275 g/mol. The standard InChI is InChI=1S/C16H21NO3/c18-16(19)15-11-17(8-9-20-15)10-13-6-3-5-12-4-1-2-7-14(12)13/h1-2,4,7,13,15H,3,5-6,8-11H2,(H,18,19). The fraction of sp³-hybridized carbons (Fsp3) is 0.562. The number of ether oxygens (including phenoxy) is 1. The zero-order valence-corrected chi connectivity index (χ0v) is 11.6. The molecule has 1 fully saturated rings. The number of nitrogens with zero attached hydrogens (tertiary/aromatic N) is 1. The van der Waals surface area contributed by atoms with E-state index >= 15 is 0 Å². The van der Waals surface area contributed by atoms with Crippen LogP contribution in [0.1, 0.15) is 29.9 Å². The number of aliphatic carboxylic acids is 1. The largest absolute Gasteiger partial charge is 0.479 e. The summed E-state index contributed by atoms with van der Waals surface area (Å²) in [7, 11) is 0. The van der Waals surface area contributed by atoms with Crippen molar-refractivity contribution >= 4 is 5.97 Å². The van der Waals surface area contributed by atoms with E-state index in [0.717, 1.165) is 13.1 Å². The third-order valence-corrected chi connectivity index (χ3v) is 4.40. The molecule has 0 aromatic heterocycles. The summed E-state index contributed by atoms with van der Waals surface area (Å²) in [5.74, 6) is -0.314. The van der Waals surface area contributed by atoms with Crippen LogP contribution in [0.2, 0.25) is 0 Å². The Kier molecular flexibility index (Phi) is 4.03. The van der Waals surface area contributed by atoms with E-state index < -0.39 is 12.1 Å². The molecule has 0 radical (unpaired) electrons. The Bertz CT molecular complexity index is 488. The zero-order chi connectivity index (χ0) is 13.9. The summed E-state index contributed by atoms with van der Waals surface area (Å²) in [6.07, 6.45) is 2.94. The van der Waals surface area contributed by atoms with Crippen molar-refractivity contribution in [2.24, 2.45) is 0 Å². The molecule has 3 rings (SSSR count). The van der Waals surface area contributed by atoms with Crippen molar-refractivity contribution in [2.45, 2.75) is 31.3 Å². The Morgan fingerprint density at radius 3 is 3.10 bits per heavy atom. The zero-order valence-electron chi connectivity index (χ0n) is 11.6. The number of fused-ring (bicyclic) bond motifs is 1. The number of morpholine rings is 1. The van der Waals surface area contributed by atoms with Crippen molar-refractivity contribution in [1.82, 2.24) is 4.90 Å². The van der Waals surface area contributed by atoms with Gasteiger partial charge in [0.1, 0.15) is 0 Å². The SMILES string of the molecule is O=C(O)C1CN(CC2CCCc3ccccc32)CCO1. The van der Waals surface area contributed by atoms with Crippen LogP contribution in [0.15, 0.2) is 24.3 Å². The third kappa shape index (κ3) is 2.86. The minimum Gasteiger partial charge on any atom is -0.479 e. The molecule has 1 N–H and O–H groups in total. The molecule has 1 aromatic rings. The first-order valence-corrected chi connectivity index (χ1v) is 7.38. The van der Waals surface area contributed by atoms with E-state index in [1.54, 1.807) is 0 Å². The maximum atomic E-state index is 11.0. The van der Waals surface area contributed by atoms with Crippen molar-refractivity contribution in [3.63, 3.8) is 0 Å². The third-order valence-electron chi connectivity index (χ3n) is 4.40. The molecule has 1 saturated heterocycles. The minimum absolute atomic E-state index is 0.508. The predicted molar refractivity (Wildman–Crippen MR) is 75.9 cm³/mol. The van der Waals surface area contributed by atoms with Gasteiger partial charge in [-0.1, -0.05) is 24.3 Å². The van der Waals surface area contributed by atoms with Crippen LogP contribution in [0, 0.1) is 0 Å². The van der Waals surface area contributed by atoms with E-state index in [9.17, 15) is 4.79 Å². The first kappa shape index (κ1) is 13.6. The summed E-state index contributed by atoms with van der Waals surface area (Å²) in [5.41, 5.74) is 2.92. The smallest absolute Gasteiger partial charge is 0.334 e. The highest BCUT2D eigenvalue weighted by Gasteiger charge is 2.29. The van der Waals surface area contributed by atoms with Crippen LogP contribution in [0.5, 0.6) is 0 Å². The lowest BCUT2D eigenvalue weighted by molar-refractivity contribution is -0.156. The van der Waals surface area contributed by atoms with Gasteiger partial charge in [0.25, 0.3) is 0 Å². The summed E-state index contributed by atoms with van der Waals surface area (Å²) in [6, 6.07) is 8.67. The Morgan fingerprint density at radius 2 is 2.25 bits per heavy atom. The number of carboxylic acids is 1. The molecular weight excluding hydrogens is 254 g/mol. The molecule has 4 nitrogen and oxygen atoms in total. The Balaban J connectivity index is 1.68. The second-order valence-electron chi connectivity index (χ2n) is 5.75. The van der Waals surface area contributed by atoms with Gasteiger partial charge in [-0.25, -0.2) is 4.79 Å². The maximum absolute atomic E-state index is 11.0. The van der Waals surface area contributed by atoms with Gasteiger partial charge in [0.05, 0.1) is 6.61 Å². The van der Waals surface area contributed by atoms with Crippen molar-refractivity contribution in [3.8, 4) is 0 Å². The van der Waals surface area contributed by atoms with Gasteiger partial charge >= 0.3 is 5.97 Å². The molecule has 1 aromatic carbocycles. The molecule has 4 heteroatoms. The van der Waals surface area contributed by atoms with Crippen LogP contribution >= 0.6 is 0 Å². The first-order valence-electron chi connectivity index (χ1n) is 7.38. The fourth-order valence-electron chi connectivity index (χ4n) is 3.37. The predicted octanol–water partition coefficient (Wildman–Crippen LogP) is 1.89. The number of hydrogen-bond donors (Lipinski definition) is 1. The Morgan fingerprint density at radius 1 is 1.40 bits per heavy atom. The topological polar surface area (TPSA) is 49.8 Å². The molecule has 2 unspecified atom stereocenters. The Labute approximate surface area is 119 Å². The molecule has 0 amide bonds. The van der Waals surface area contributed by atoms with Gasteiger partial charge < -0.3 is 9.84 Å². The second kappa shape index (κ2) is 5.94. The highest BCUT2D eigenvalue weighted by molar-refractivity contribution is 5.72. The average molecular weight is 275 g/mol. The molecule has 1 aliphatic carbocycles. The molecule has 0 bridgehead atoms. The molecule has 1 heterocycles. The van der Waals surface area contributed by atoms with Gasteiger partial charge in [-0.15, -0.1) is 0 Å². The summed E-state index contributed by atoms with van der Waals surface area (Å²) in [6.45, 7) is 2.81. The summed E-state index contributed by atoms with van der Waals surface area (Å²) < 4.78 is 5.29. The first-order chi connectivity index (χ1) is 9.74. The highest BCUT2D eigenvalue weighted by atomic mass is 16.5. The molecule has 2 atom stereocenters. The molecule has 20 heavy (non-hydrogen) atoms. The van der Waals surface area contributed by atoms with Gasteiger partial charge in [0.2, 0.25) is 0 Å². The normalized spacial score (nSPS) is 27.0. The van der Waals surface area contributed by atoms with Gasteiger partial charge in [-0.2, -0.15) is 0 Å². The van der Waals surface area contributed by atoms with Crippen LogP contribution in [-0.2, 0) is 16.0 Å². The number of rotatable bonds is 3. The van der Waals surface area contributed by atoms with Gasteiger partial charge in [-0.05, 0) is 36.3 Å². The van der Waals surface area contributed by atoms with Gasteiger partial charge in [0, 0.05) is 19.6 Å². The van der Waals surface area contributed by atoms with E-state index in [1.165, 1.54) is 30.4 Å². The summed E-state index contributed by atoms with van der Waals surface area (Å²) in [5, 5.41) is 9.07. The van der Waals surface area contributed by atoms with Crippen LogP contribution < -0.4 is 0 Å². The van der Waals surface area contributed by atoms with Gasteiger partial charge in [0.15, 0.2) is 6.10 Å². The quantitative estimate of drug-likeness (QED) is 0.915. The van der Waals surface area contributed by atoms with E-state index in [0.29, 0.717) is 19.1 Å². The van der Waals surface area contributed by atoms with E-state index in [2.05, 4.69) is 29.2 Å². The average Bonchev–Trinajstić information content (AvgIpc) is 2.48. The molecule has 2 aliphatic rings. The molecule has 0 spiro atoms. The van der Waals surface area contributed by atoms with Crippen molar-refractivity contribution in [1.29, 1.82) is 0 Å². The maximum Gasteiger partial charge on any atom is 0.334 e. The van der Waals surface area contributed by atoms with Crippen LogP contribution in [0.3, 0.4) is 0 Å². The van der Waals surface area contributed by atoms with Crippen molar-refractivity contribution in [2.75, 3.05) is 26.2 Å². The van der Waals surface area contributed by atoms with Crippen LogP contribution in [0.4, 0.5) is 0 Å². The van der Waals surface area contributed by atoms with Gasteiger partial charge in [-0.3, -0.25) is 4.90 Å². The molecular formula is C16H21NO3.